The number of amides is 1. The number of alkyl halides is 3. The Balaban J connectivity index is 1.68. The zero-order valence-corrected chi connectivity index (χ0v) is 18.0. The minimum Gasteiger partial charge on any atom is -0.338 e. The highest BCUT2D eigenvalue weighted by Crippen LogP contribution is 2.41. The molecule has 0 radical (unpaired) electrons. The lowest BCUT2D eigenvalue weighted by atomic mass is 9.98. The molecule has 1 aliphatic carbocycles. The van der Waals surface area contributed by atoms with Crippen molar-refractivity contribution in [2.45, 2.75) is 44.9 Å². The molecule has 34 heavy (non-hydrogen) atoms. The van der Waals surface area contributed by atoms with Crippen LogP contribution in [0.3, 0.4) is 0 Å². The van der Waals surface area contributed by atoms with E-state index in [9.17, 15) is 31.1 Å². The number of aromatic nitrogens is 2. The minimum absolute atomic E-state index is 0.0535. The normalized spacial score (nSPS) is 17.6. The molecule has 1 atom stereocenters. The quantitative estimate of drug-likeness (QED) is 0.460. The van der Waals surface area contributed by atoms with Crippen LogP contribution in [0.4, 0.5) is 26.3 Å². The Labute approximate surface area is 190 Å². The number of halogens is 6. The minimum atomic E-state index is -4.90. The average molecular weight is 479 g/mol. The van der Waals surface area contributed by atoms with Gasteiger partial charge in [0.05, 0.1) is 17.3 Å². The second-order valence-corrected chi connectivity index (χ2v) is 8.61. The zero-order chi connectivity index (χ0) is 24.4. The molecule has 0 N–H and O–H groups in total. The average Bonchev–Trinajstić information content (AvgIpc) is 3.34. The fraction of sp³-hybridized carbons (Fsp3) is 0.333. The highest BCUT2D eigenvalue weighted by Gasteiger charge is 2.37. The van der Waals surface area contributed by atoms with Crippen LogP contribution < -0.4 is 0 Å². The van der Waals surface area contributed by atoms with Gasteiger partial charge < -0.3 is 4.90 Å². The third-order valence-corrected chi connectivity index (χ3v) is 6.59. The topological polar surface area (TPSA) is 38.1 Å². The number of benzene rings is 2. The highest BCUT2D eigenvalue weighted by atomic mass is 19.4. The second kappa shape index (κ2) is 7.89. The van der Waals surface area contributed by atoms with Crippen molar-refractivity contribution in [2.24, 2.45) is 0 Å². The Kier molecular flexibility index (Phi) is 5.22. The molecule has 0 saturated carbocycles. The molecule has 0 bridgehead atoms. The van der Waals surface area contributed by atoms with Crippen LogP contribution in [0.25, 0.3) is 11.3 Å². The molecule has 2 heterocycles. The van der Waals surface area contributed by atoms with E-state index in [0.717, 1.165) is 12.1 Å². The summed E-state index contributed by atoms with van der Waals surface area (Å²) < 4.78 is 83.9. The van der Waals surface area contributed by atoms with Gasteiger partial charge in [-0.1, -0.05) is 0 Å². The molecule has 1 aliphatic heterocycles. The van der Waals surface area contributed by atoms with E-state index < -0.39 is 35.2 Å². The summed E-state index contributed by atoms with van der Waals surface area (Å²) in [5.74, 6) is -2.96. The molecule has 1 aromatic heterocycles. The molecule has 2 aromatic carbocycles. The van der Waals surface area contributed by atoms with Gasteiger partial charge in [0.25, 0.3) is 0 Å². The maximum absolute atomic E-state index is 14.3. The van der Waals surface area contributed by atoms with Crippen molar-refractivity contribution in [3.63, 3.8) is 0 Å². The van der Waals surface area contributed by atoms with Gasteiger partial charge in [-0.2, -0.15) is 18.3 Å². The van der Waals surface area contributed by atoms with Crippen molar-refractivity contribution >= 4 is 5.91 Å². The molecule has 5 rings (SSSR count). The zero-order valence-electron chi connectivity index (χ0n) is 18.0. The molecule has 1 amide bonds. The third kappa shape index (κ3) is 3.65. The molecule has 0 saturated heterocycles. The van der Waals surface area contributed by atoms with E-state index in [4.69, 9.17) is 0 Å². The van der Waals surface area contributed by atoms with Gasteiger partial charge in [-0.15, -0.1) is 0 Å². The standard InChI is InChI=1S/C24H19F6N3O/c1-12(34)32-7-6-22-17(11-32)23(13-2-4-19(26)18(8-13)24(28,29)30)31-33(22)21-5-3-15-16(21)9-14(25)10-20(15)27/h2,4,8-10,21H,3,5-7,11H2,1H3. The Morgan fingerprint density at radius 2 is 1.79 bits per heavy atom. The van der Waals surface area contributed by atoms with E-state index in [2.05, 4.69) is 5.10 Å². The largest absolute Gasteiger partial charge is 0.419 e. The van der Waals surface area contributed by atoms with Crippen molar-refractivity contribution in [2.75, 3.05) is 6.54 Å². The predicted molar refractivity (Wildman–Crippen MR) is 110 cm³/mol. The summed E-state index contributed by atoms with van der Waals surface area (Å²) in [6.07, 6.45) is -3.71. The first kappa shape index (κ1) is 22.5. The summed E-state index contributed by atoms with van der Waals surface area (Å²) in [6, 6.07) is 4.24. The van der Waals surface area contributed by atoms with Gasteiger partial charge in [0, 0.05) is 49.3 Å². The molecule has 0 spiro atoms. The van der Waals surface area contributed by atoms with Crippen LogP contribution in [0.15, 0.2) is 30.3 Å². The summed E-state index contributed by atoms with van der Waals surface area (Å²) in [6.45, 7) is 1.89. The van der Waals surface area contributed by atoms with Gasteiger partial charge in [0.2, 0.25) is 5.91 Å². The first-order valence-electron chi connectivity index (χ1n) is 10.7. The maximum atomic E-state index is 14.3. The molecule has 2 aliphatic rings. The van der Waals surface area contributed by atoms with Crippen molar-refractivity contribution in [1.82, 2.24) is 14.7 Å². The van der Waals surface area contributed by atoms with Gasteiger partial charge in [-0.3, -0.25) is 9.48 Å². The van der Waals surface area contributed by atoms with Crippen molar-refractivity contribution in [3.05, 3.63) is 75.7 Å². The fourth-order valence-corrected chi connectivity index (χ4v) is 4.97. The summed E-state index contributed by atoms with van der Waals surface area (Å²) >= 11 is 0. The molecular weight excluding hydrogens is 460 g/mol. The Morgan fingerprint density at radius 3 is 2.50 bits per heavy atom. The van der Waals surface area contributed by atoms with E-state index in [0.29, 0.717) is 54.3 Å². The van der Waals surface area contributed by atoms with Gasteiger partial charge in [0.15, 0.2) is 0 Å². The van der Waals surface area contributed by atoms with Crippen LogP contribution in [0.2, 0.25) is 0 Å². The van der Waals surface area contributed by atoms with Crippen LogP contribution in [-0.4, -0.2) is 27.1 Å². The molecular formula is C24H19F6N3O. The molecule has 1 unspecified atom stereocenters. The molecule has 10 heteroatoms. The summed E-state index contributed by atoms with van der Waals surface area (Å²) in [5.41, 5.74) is 0.898. The van der Waals surface area contributed by atoms with Crippen molar-refractivity contribution in [1.29, 1.82) is 0 Å². The van der Waals surface area contributed by atoms with E-state index in [1.165, 1.54) is 19.1 Å². The summed E-state index contributed by atoms with van der Waals surface area (Å²) in [4.78, 5) is 13.6. The highest BCUT2D eigenvalue weighted by molar-refractivity contribution is 5.75. The maximum Gasteiger partial charge on any atom is 0.419 e. The lowest BCUT2D eigenvalue weighted by molar-refractivity contribution is -0.140. The van der Waals surface area contributed by atoms with Crippen LogP contribution >= 0.6 is 0 Å². The molecule has 3 aromatic rings. The van der Waals surface area contributed by atoms with Gasteiger partial charge in [-0.25, -0.2) is 13.2 Å². The number of fused-ring (bicyclic) bond motifs is 2. The molecule has 178 valence electrons. The van der Waals surface area contributed by atoms with Crippen molar-refractivity contribution in [3.8, 4) is 11.3 Å². The number of rotatable bonds is 2. The predicted octanol–water partition coefficient (Wildman–Crippen LogP) is 5.43. The Bertz CT molecular complexity index is 1310. The van der Waals surface area contributed by atoms with Crippen LogP contribution in [-0.2, 0) is 30.4 Å². The number of carbonyl (C=O) groups excluding carboxylic acids is 1. The van der Waals surface area contributed by atoms with Crippen LogP contribution in [0.1, 0.15) is 47.3 Å². The third-order valence-electron chi connectivity index (χ3n) is 6.59. The summed E-state index contributed by atoms with van der Waals surface area (Å²) in [7, 11) is 0. The fourth-order valence-electron chi connectivity index (χ4n) is 4.97. The van der Waals surface area contributed by atoms with Crippen molar-refractivity contribution < 1.29 is 31.1 Å². The molecule has 4 nitrogen and oxygen atoms in total. The van der Waals surface area contributed by atoms with E-state index >= 15 is 0 Å². The van der Waals surface area contributed by atoms with Gasteiger partial charge in [0.1, 0.15) is 17.5 Å². The van der Waals surface area contributed by atoms with E-state index in [1.54, 1.807) is 9.58 Å². The van der Waals surface area contributed by atoms with Crippen LogP contribution in [0, 0.1) is 17.5 Å². The lowest BCUT2D eigenvalue weighted by Gasteiger charge is -2.28. The number of hydrogen-bond acceptors (Lipinski definition) is 2. The monoisotopic (exact) mass is 479 g/mol. The number of hydrogen-bond donors (Lipinski definition) is 0. The summed E-state index contributed by atoms with van der Waals surface area (Å²) in [5, 5.41) is 4.59. The van der Waals surface area contributed by atoms with Gasteiger partial charge in [-0.05, 0) is 48.2 Å². The Morgan fingerprint density at radius 1 is 1.03 bits per heavy atom. The lowest BCUT2D eigenvalue weighted by Crippen LogP contribution is -2.35. The number of carbonyl (C=O) groups is 1. The second-order valence-electron chi connectivity index (χ2n) is 8.61. The SMILES string of the molecule is CC(=O)N1CCc2c(c(-c3ccc(F)c(C(F)(F)F)c3)nn2C2CCc3c(F)cc(F)cc32)C1. The Hall–Kier alpha value is -3.30. The van der Waals surface area contributed by atoms with E-state index in [1.807, 2.05) is 0 Å². The molecule has 0 fully saturated rings. The smallest absolute Gasteiger partial charge is 0.338 e. The van der Waals surface area contributed by atoms with Crippen LogP contribution in [0.5, 0.6) is 0 Å². The van der Waals surface area contributed by atoms with Gasteiger partial charge >= 0.3 is 6.18 Å². The first-order chi connectivity index (χ1) is 16.0. The number of nitrogens with zero attached hydrogens (tertiary/aromatic N) is 3. The van der Waals surface area contributed by atoms with E-state index in [-0.39, 0.29) is 23.7 Å². The first-order valence-corrected chi connectivity index (χ1v) is 10.7.